The Morgan fingerprint density at radius 1 is 0.864 bits per heavy atom. The van der Waals surface area contributed by atoms with Crippen LogP contribution >= 0.6 is 0 Å². The molecule has 0 saturated carbocycles. The van der Waals surface area contributed by atoms with Crippen LogP contribution in [0.25, 0.3) is 0 Å². The van der Waals surface area contributed by atoms with Crippen LogP contribution in [-0.4, -0.2) is 47.3 Å². The molecule has 0 atom stereocenters. The number of amides is 1. The standard InChI is InChI=1S/C18H35NO3/c1-2-3-4-5-6-7-8-9-10-11-12-13-18(22)19(14-16-20)15-17-21/h2-3,20-21H,4-17H2,1H3. The van der Waals surface area contributed by atoms with E-state index < -0.39 is 0 Å². The molecule has 0 saturated heterocycles. The molecule has 4 heteroatoms. The summed E-state index contributed by atoms with van der Waals surface area (Å²) < 4.78 is 0. The third kappa shape index (κ3) is 12.8. The number of aliphatic hydroxyl groups excluding tert-OH is 2. The fourth-order valence-electron chi connectivity index (χ4n) is 2.53. The Morgan fingerprint density at radius 3 is 1.86 bits per heavy atom. The van der Waals surface area contributed by atoms with Crippen molar-refractivity contribution in [3.63, 3.8) is 0 Å². The molecular weight excluding hydrogens is 278 g/mol. The minimum absolute atomic E-state index is 0.0419. The van der Waals surface area contributed by atoms with Gasteiger partial charge in [0.1, 0.15) is 0 Å². The zero-order valence-electron chi connectivity index (χ0n) is 14.3. The first-order valence-electron chi connectivity index (χ1n) is 8.87. The third-order valence-electron chi connectivity index (χ3n) is 3.84. The maximum absolute atomic E-state index is 11.9. The summed E-state index contributed by atoms with van der Waals surface area (Å²) in [4.78, 5) is 13.4. The maximum atomic E-state index is 11.9. The summed E-state index contributed by atoms with van der Waals surface area (Å²) in [5, 5.41) is 17.8. The molecule has 0 unspecified atom stereocenters. The summed E-state index contributed by atoms with van der Waals surface area (Å²) in [5.41, 5.74) is 0. The van der Waals surface area contributed by atoms with Gasteiger partial charge in [0.05, 0.1) is 13.2 Å². The molecule has 0 spiro atoms. The number of hydrogen-bond donors (Lipinski definition) is 2. The van der Waals surface area contributed by atoms with Crippen molar-refractivity contribution >= 4 is 5.91 Å². The number of carbonyl (C=O) groups is 1. The summed E-state index contributed by atoms with van der Waals surface area (Å²) in [5.74, 6) is 0.0482. The van der Waals surface area contributed by atoms with Crippen LogP contribution in [0.15, 0.2) is 12.2 Å². The molecule has 22 heavy (non-hydrogen) atoms. The average molecular weight is 313 g/mol. The molecule has 0 bridgehead atoms. The van der Waals surface area contributed by atoms with Crippen molar-refractivity contribution in [3.05, 3.63) is 12.2 Å². The van der Waals surface area contributed by atoms with Crippen molar-refractivity contribution in [1.82, 2.24) is 4.90 Å². The van der Waals surface area contributed by atoms with Gasteiger partial charge in [0.25, 0.3) is 0 Å². The van der Waals surface area contributed by atoms with Crippen LogP contribution in [0, 0.1) is 0 Å². The topological polar surface area (TPSA) is 60.8 Å². The molecule has 0 heterocycles. The number of hydrogen-bond acceptors (Lipinski definition) is 3. The van der Waals surface area contributed by atoms with Gasteiger partial charge >= 0.3 is 0 Å². The van der Waals surface area contributed by atoms with Gasteiger partial charge in [-0.1, -0.05) is 50.7 Å². The molecule has 0 aromatic carbocycles. The first-order chi connectivity index (χ1) is 10.8. The lowest BCUT2D eigenvalue weighted by molar-refractivity contribution is -0.132. The number of unbranched alkanes of at least 4 members (excludes halogenated alkanes) is 8. The number of carbonyl (C=O) groups excluding carboxylic acids is 1. The molecule has 4 nitrogen and oxygen atoms in total. The van der Waals surface area contributed by atoms with Crippen LogP contribution in [0.3, 0.4) is 0 Å². The molecule has 0 aliphatic rings. The SMILES string of the molecule is CC=CCCCCCCCCCCC(=O)N(CCO)CCO. The summed E-state index contributed by atoms with van der Waals surface area (Å²) in [6.07, 6.45) is 15.8. The fraction of sp³-hybridized carbons (Fsp3) is 0.833. The Hall–Kier alpha value is -0.870. The van der Waals surface area contributed by atoms with Gasteiger partial charge in [-0.05, 0) is 26.2 Å². The zero-order valence-corrected chi connectivity index (χ0v) is 14.3. The fourth-order valence-corrected chi connectivity index (χ4v) is 2.53. The van der Waals surface area contributed by atoms with E-state index in [0.29, 0.717) is 19.5 Å². The first kappa shape index (κ1) is 21.1. The van der Waals surface area contributed by atoms with Gasteiger partial charge in [0.15, 0.2) is 0 Å². The lowest BCUT2D eigenvalue weighted by Gasteiger charge is -2.20. The Bertz CT molecular complexity index is 274. The molecule has 0 radical (unpaired) electrons. The molecule has 1 amide bonds. The van der Waals surface area contributed by atoms with Crippen molar-refractivity contribution in [3.8, 4) is 0 Å². The number of aliphatic hydroxyl groups is 2. The van der Waals surface area contributed by atoms with Crippen molar-refractivity contribution in [2.75, 3.05) is 26.3 Å². The number of nitrogens with zero attached hydrogens (tertiary/aromatic N) is 1. The van der Waals surface area contributed by atoms with Gasteiger partial charge in [-0.25, -0.2) is 0 Å². The van der Waals surface area contributed by atoms with E-state index in [9.17, 15) is 4.79 Å². The number of allylic oxidation sites excluding steroid dienone is 2. The van der Waals surface area contributed by atoms with Crippen LogP contribution in [0.2, 0.25) is 0 Å². The van der Waals surface area contributed by atoms with E-state index in [-0.39, 0.29) is 19.1 Å². The predicted molar refractivity (Wildman–Crippen MR) is 91.7 cm³/mol. The summed E-state index contributed by atoms with van der Waals surface area (Å²) in [6.45, 7) is 2.64. The van der Waals surface area contributed by atoms with E-state index in [4.69, 9.17) is 10.2 Å². The molecule has 0 fully saturated rings. The van der Waals surface area contributed by atoms with Gasteiger partial charge < -0.3 is 15.1 Å². The van der Waals surface area contributed by atoms with Crippen molar-refractivity contribution < 1.29 is 15.0 Å². The summed E-state index contributed by atoms with van der Waals surface area (Å²) in [6, 6.07) is 0. The van der Waals surface area contributed by atoms with Gasteiger partial charge in [0, 0.05) is 19.5 Å². The highest BCUT2D eigenvalue weighted by Crippen LogP contribution is 2.11. The number of rotatable bonds is 15. The van der Waals surface area contributed by atoms with Crippen LogP contribution in [-0.2, 0) is 4.79 Å². The molecule has 130 valence electrons. The average Bonchev–Trinajstić information content (AvgIpc) is 2.52. The molecule has 0 aromatic rings. The first-order valence-corrected chi connectivity index (χ1v) is 8.87. The van der Waals surface area contributed by atoms with Crippen LogP contribution < -0.4 is 0 Å². The monoisotopic (exact) mass is 313 g/mol. The maximum Gasteiger partial charge on any atom is 0.222 e. The molecule has 0 rings (SSSR count). The highest BCUT2D eigenvalue weighted by Gasteiger charge is 2.11. The Morgan fingerprint density at radius 2 is 1.36 bits per heavy atom. The zero-order chi connectivity index (χ0) is 16.5. The Kier molecular flexibility index (Phi) is 15.8. The second-order valence-corrected chi connectivity index (χ2v) is 5.76. The minimum atomic E-state index is -0.0419. The molecule has 2 N–H and O–H groups in total. The summed E-state index contributed by atoms with van der Waals surface area (Å²) >= 11 is 0. The lowest BCUT2D eigenvalue weighted by Crippen LogP contribution is -2.35. The van der Waals surface area contributed by atoms with E-state index in [1.165, 1.54) is 44.9 Å². The van der Waals surface area contributed by atoms with Crippen LogP contribution in [0.5, 0.6) is 0 Å². The van der Waals surface area contributed by atoms with Gasteiger partial charge in [-0.15, -0.1) is 0 Å². The van der Waals surface area contributed by atoms with Gasteiger partial charge in [-0.2, -0.15) is 0 Å². The Balaban J connectivity index is 3.42. The molecule has 0 aliphatic carbocycles. The van der Waals surface area contributed by atoms with E-state index in [0.717, 1.165) is 12.8 Å². The van der Waals surface area contributed by atoms with E-state index in [2.05, 4.69) is 19.1 Å². The largest absolute Gasteiger partial charge is 0.395 e. The molecular formula is C18H35NO3. The normalized spacial score (nSPS) is 11.2. The second kappa shape index (κ2) is 16.5. The summed E-state index contributed by atoms with van der Waals surface area (Å²) in [7, 11) is 0. The van der Waals surface area contributed by atoms with Crippen molar-refractivity contribution in [2.24, 2.45) is 0 Å². The predicted octanol–water partition coefficient (Wildman–Crippen LogP) is 3.28. The van der Waals surface area contributed by atoms with Gasteiger partial charge in [0.2, 0.25) is 5.91 Å². The highest BCUT2D eigenvalue weighted by atomic mass is 16.3. The lowest BCUT2D eigenvalue weighted by atomic mass is 10.1. The van der Waals surface area contributed by atoms with E-state index in [1.54, 1.807) is 4.90 Å². The smallest absolute Gasteiger partial charge is 0.222 e. The third-order valence-corrected chi connectivity index (χ3v) is 3.84. The minimum Gasteiger partial charge on any atom is -0.395 e. The molecule has 0 aliphatic heterocycles. The van der Waals surface area contributed by atoms with Crippen molar-refractivity contribution in [2.45, 2.75) is 71.1 Å². The molecule has 0 aromatic heterocycles. The second-order valence-electron chi connectivity index (χ2n) is 5.76. The Labute approximate surface area is 136 Å². The quantitative estimate of drug-likeness (QED) is 0.360. The van der Waals surface area contributed by atoms with E-state index >= 15 is 0 Å². The van der Waals surface area contributed by atoms with Crippen LogP contribution in [0.1, 0.15) is 71.1 Å². The highest BCUT2D eigenvalue weighted by molar-refractivity contribution is 5.76. The van der Waals surface area contributed by atoms with E-state index in [1.807, 2.05) is 0 Å². The van der Waals surface area contributed by atoms with Gasteiger partial charge in [-0.3, -0.25) is 4.79 Å². The van der Waals surface area contributed by atoms with Crippen molar-refractivity contribution in [1.29, 1.82) is 0 Å². The van der Waals surface area contributed by atoms with Crippen LogP contribution in [0.4, 0.5) is 0 Å².